The van der Waals surface area contributed by atoms with Gasteiger partial charge in [0.2, 0.25) is 11.9 Å². The number of hydrogen-bond acceptors (Lipinski definition) is 6. The second kappa shape index (κ2) is 7.58. The number of rotatable bonds is 5. The first-order valence-corrected chi connectivity index (χ1v) is 11.6. The van der Waals surface area contributed by atoms with E-state index in [9.17, 15) is 18.0 Å². The number of benzene rings is 1. The van der Waals surface area contributed by atoms with Crippen LogP contribution >= 0.6 is 0 Å². The van der Waals surface area contributed by atoms with Gasteiger partial charge in [0.05, 0.1) is 28.6 Å². The Morgan fingerprint density at radius 1 is 1.28 bits per heavy atom. The molecule has 0 saturated carbocycles. The van der Waals surface area contributed by atoms with Gasteiger partial charge in [0, 0.05) is 19.4 Å². The Kier molecular flexibility index (Phi) is 5.12. The van der Waals surface area contributed by atoms with Gasteiger partial charge in [-0.25, -0.2) is 18.4 Å². The molecule has 0 spiro atoms. The molecule has 2 aliphatic heterocycles. The summed E-state index contributed by atoms with van der Waals surface area (Å²) >= 11 is 0. The highest BCUT2D eigenvalue weighted by Gasteiger charge is 2.37. The van der Waals surface area contributed by atoms with Crippen molar-refractivity contribution < 1.29 is 18.0 Å². The monoisotopic (exact) mass is 417 g/mol. The molecule has 1 saturated heterocycles. The maximum atomic E-state index is 12.8. The van der Waals surface area contributed by atoms with Crippen molar-refractivity contribution in [3.8, 4) is 0 Å². The Morgan fingerprint density at radius 2 is 2.07 bits per heavy atom. The Labute approximate surface area is 168 Å². The molecule has 0 bridgehead atoms. The van der Waals surface area contributed by atoms with E-state index in [-0.39, 0.29) is 36.0 Å². The van der Waals surface area contributed by atoms with Crippen molar-refractivity contribution in [2.24, 2.45) is 5.10 Å². The highest BCUT2D eigenvalue weighted by atomic mass is 32.2. The van der Waals surface area contributed by atoms with Crippen LogP contribution in [0, 0.1) is 0 Å². The van der Waals surface area contributed by atoms with Crippen LogP contribution in [0.5, 0.6) is 0 Å². The van der Waals surface area contributed by atoms with E-state index in [0.717, 1.165) is 17.5 Å². The van der Waals surface area contributed by atoms with Gasteiger partial charge in [-0.15, -0.1) is 0 Å². The zero-order chi connectivity index (χ0) is 20.6. The molecule has 0 unspecified atom stereocenters. The number of fused-ring (bicyclic) bond motifs is 1. The first kappa shape index (κ1) is 19.6. The predicted octanol–water partition coefficient (Wildman–Crippen LogP) is 1.55. The molecule has 2 amide bonds. The summed E-state index contributed by atoms with van der Waals surface area (Å²) in [5.74, 6) is -0.297. The lowest BCUT2D eigenvalue weighted by molar-refractivity contribution is -0.133. The molecule has 3 heterocycles. The number of carbonyl (C=O) groups is 2. The molecule has 2 aromatic rings. The number of sulfone groups is 1. The number of aryl methyl sites for hydroxylation is 1. The summed E-state index contributed by atoms with van der Waals surface area (Å²) in [5, 5.41) is 8.24. The molecule has 4 rings (SSSR count). The molecule has 1 atom stereocenters. The fourth-order valence-corrected chi connectivity index (χ4v) is 5.47. The van der Waals surface area contributed by atoms with E-state index in [1.807, 2.05) is 35.8 Å². The first-order valence-electron chi connectivity index (χ1n) is 9.74. The SMILES string of the molecule is CCCn1c(NC(=O)C2=NN([C@@H]3CCS(=O)(=O)C3)C(=O)CC2)nc2ccccc21. The molecule has 2 aliphatic rings. The number of anilines is 1. The smallest absolute Gasteiger partial charge is 0.274 e. The van der Waals surface area contributed by atoms with Crippen LogP contribution in [0.1, 0.15) is 32.6 Å². The van der Waals surface area contributed by atoms with Gasteiger partial charge in [-0.2, -0.15) is 5.10 Å². The molecular weight excluding hydrogens is 394 g/mol. The third kappa shape index (κ3) is 3.89. The summed E-state index contributed by atoms with van der Waals surface area (Å²) < 4.78 is 25.5. The molecule has 0 radical (unpaired) electrons. The van der Waals surface area contributed by atoms with E-state index in [0.29, 0.717) is 18.9 Å². The van der Waals surface area contributed by atoms with Crippen LogP contribution in [0.2, 0.25) is 0 Å². The van der Waals surface area contributed by atoms with Crippen LogP contribution in [0.3, 0.4) is 0 Å². The molecule has 9 nitrogen and oxygen atoms in total. The van der Waals surface area contributed by atoms with E-state index in [1.165, 1.54) is 5.01 Å². The third-order valence-electron chi connectivity index (χ3n) is 5.20. The lowest BCUT2D eigenvalue weighted by atomic mass is 10.1. The van der Waals surface area contributed by atoms with Gasteiger partial charge in [0.1, 0.15) is 5.71 Å². The molecule has 1 aromatic heterocycles. The zero-order valence-electron chi connectivity index (χ0n) is 16.2. The van der Waals surface area contributed by atoms with Crippen LogP contribution in [-0.4, -0.2) is 58.1 Å². The van der Waals surface area contributed by atoms with Gasteiger partial charge in [-0.1, -0.05) is 19.1 Å². The Hall–Kier alpha value is -2.75. The van der Waals surface area contributed by atoms with Crippen LogP contribution in [-0.2, 0) is 26.0 Å². The summed E-state index contributed by atoms with van der Waals surface area (Å²) in [6, 6.07) is 7.15. The van der Waals surface area contributed by atoms with Gasteiger partial charge < -0.3 is 4.57 Å². The maximum absolute atomic E-state index is 12.8. The highest BCUT2D eigenvalue weighted by Crippen LogP contribution is 2.23. The zero-order valence-corrected chi connectivity index (χ0v) is 17.0. The van der Waals surface area contributed by atoms with Crippen molar-refractivity contribution >= 4 is 44.3 Å². The highest BCUT2D eigenvalue weighted by molar-refractivity contribution is 7.91. The van der Waals surface area contributed by atoms with E-state index in [1.54, 1.807) is 0 Å². The van der Waals surface area contributed by atoms with Crippen LogP contribution in [0.15, 0.2) is 29.4 Å². The third-order valence-corrected chi connectivity index (χ3v) is 6.95. The number of para-hydroxylation sites is 2. The first-order chi connectivity index (χ1) is 13.9. The minimum Gasteiger partial charge on any atom is -0.310 e. The number of hydrogen-bond donors (Lipinski definition) is 1. The topological polar surface area (TPSA) is 114 Å². The average Bonchev–Trinajstić information content (AvgIpc) is 3.22. The van der Waals surface area contributed by atoms with Crippen LogP contribution in [0.4, 0.5) is 5.95 Å². The normalized spacial score (nSPS) is 21.4. The van der Waals surface area contributed by atoms with E-state index >= 15 is 0 Å². The molecule has 1 N–H and O–H groups in total. The van der Waals surface area contributed by atoms with Crippen LogP contribution < -0.4 is 5.32 Å². The minimum absolute atomic E-state index is 0.0412. The quantitative estimate of drug-likeness (QED) is 0.793. The molecule has 1 fully saturated rings. The number of hydrazone groups is 1. The molecule has 154 valence electrons. The lowest BCUT2D eigenvalue weighted by Crippen LogP contribution is -2.42. The number of amides is 2. The summed E-state index contributed by atoms with van der Waals surface area (Å²) in [4.78, 5) is 29.6. The van der Waals surface area contributed by atoms with Crippen molar-refractivity contribution in [3.63, 3.8) is 0 Å². The Morgan fingerprint density at radius 3 is 2.79 bits per heavy atom. The average molecular weight is 417 g/mol. The van der Waals surface area contributed by atoms with Gasteiger partial charge in [0.15, 0.2) is 9.84 Å². The number of carbonyl (C=O) groups excluding carboxylic acids is 2. The van der Waals surface area contributed by atoms with Crippen molar-refractivity contribution in [2.45, 2.75) is 45.2 Å². The van der Waals surface area contributed by atoms with E-state index in [2.05, 4.69) is 15.4 Å². The minimum atomic E-state index is -3.16. The summed E-state index contributed by atoms with van der Waals surface area (Å²) in [6.45, 7) is 2.75. The fourth-order valence-electron chi connectivity index (χ4n) is 3.78. The fraction of sp³-hybridized carbons (Fsp3) is 0.474. The largest absolute Gasteiger partial charge is 0.310 e. The van der Waals surface area contributed by atoms with Crippen molar-refractivity contribution in [1.29, 1.82) is 0 Å². The molecular formula is C19H23N5O4S. The Bertz CT molecular complexity index is 1100. The van der Waals surface area contributed by atoms with Gasteiger partial charge >= 0.3 is 0 Å². The molecule has 29 heavy (non-hydrogen) atoms. The van der Waals surface area contributed by atoms with Gasteiger partial charge in [0.25, 0.3) is 5.91 Å². The van der Waals surface area contributed by atoms with E-state index < -0.39 is 21.8 Å². The second-order valence-corrected chi connectivity index (χ2v) is 9.60. The van der Waals surface area contributed by atoms with E-state index in [4.69, 9.17) is 0 Å². The molecule has 10 heteroatoms. The number of aromatic nitrogens is 2. The predicted molar refractivity (Wildman–Crippen MR) is 109 cm³/mol. The van der Waals surface area contributed by atoms with Crippen molar-refractivity contribution in [3.05, 3.63) is 24.3 Å². The summed E-state index contributed by atoms with van der Waals surface area (Å²) in [5.41, 5.74) is 1.93. The lowest BCUT2D eigenvalue weighted by Gasteiger charge is -2.27. The Balaban J connectivity index is 1.58. The van der Waals surface area contributed by atoms with Gasteiger partial charge in [-0.3, -0.25) is 14.9 Å². The van der Waals surface area contributed by atoms with Crippen LogP contribution in [0.25, 0.3) is 11.0 Å². The summed E-state index contributed by atoms with van der Waals surface area (Å²) in [6.07, 6.45) is 1.57. The number of nitrogens with zero attached hydrogens (tertiary/aromatic N) is 4. The number of imidazole rings is 1. The summed E-state index contributed by atoms with van der Waals surface area (Å²) in [7, 11) is -3.16. The molecule has 0 aliphatic carbocycles. The number of nitrogens with one attached hydrogen (secondary N) is 1. The molecule has 1 aromatic carbocycles. The standard InChI is InChI=1S/C19H23N5O4S/c1-2-10-23-16-6-4-3-5-14(16)20-19(23)21-18(26)15-7-8-17(25)24(22-15)13-9-11-29(27,28)12-13/h3-6,13H,2,7-12H2,1H3,(H,20,21,26)/t13-/m1/s1. The maximum Gasteiger partial charge on any atom is 0.274 e. The second-order valence-electron chi connectivity index (χ2n) is 7.37. The van der Waals surface area contributed by atoms with Crippen molar-refractivity contribution in [2.75, 3.05) is 16.8 Å². The van der Waals surface area contributed by atoms with Crippen molar-refractivity contribution in [1.82, 2.24) is 14.6 Å². The van der Waals surface area contributed by atoms with Gasteiger partial charge in [-0.05, 0) is 25.0 Å².